The largest absolute Gasteiger partial charge is 0.378 e. The van der Waals surface area contributed by atoms with Crippen LogP contribution in [-0.4, -0.2) is 27.6 Å². The number of aliphatic hydroxyl groups is 1. The number of carbonyl (C=O) groups is 1. The van der Waals surface area contributed by atoms with E-state index in [-0.39, 0.29) is 11.9 Å². The molecular formula is C20H19ClN2O2. The normalized spacial score (nSPS) is 22.6. The first kappa shape index (κ1) is 17.5. The quantitative estimate of drug-likeness (QED) is 0.814. The van der Waals surface area contributed by atoms with Crippen LogP contribution < -0.4 is 5.32 Å². The standard InChI is InChI=1S/C20H19ClN2O2/c21-17-3-1-2-15(14-17)4-9-20(25)10-5-18(6-11-20)23-19(24)16-7-12-22-13-8-16/h1-3,7-8,12-14,18,25H,5-6,10-11H2,(H,23,24). The Morgan fingerprint density at radius 2 is 1.96 bits per heavy atom. The highest BCUT2D eigenvalue weighted by atomic mass is 35.5. The first-order valence-corrected chi connectivity index (χ1v) is 8.64. The minimum absolute atomic E-state index is 0.0499. The number of carbonyl (C=O) groups excluding carboxylic acids is 1. The summed E-state index contributed by atoms with van der Waals surface area (Å²) in [5, 5.41) is 14.3. The molecular weight excluding hydrogens is 336 g/mol. The predicted octanol–water partition coefficient (Wildman–Crippen LogP) is 3.19. The van der Waals surface area contributed by atoms with Crippen LogP contribution in [0, 0.1) is 11.8 Å². The molecule has 1 aromatic heterocycles. The topological polar surface area (TPSA) is 62.2 Å². The summed E-state index contributed by atoms with van der Waals surface area (Å²) in [5.41, 5.74) is 0.367. The maximum Gasteiger partial charge on any atom is 0.251 e. The molecule has 1 amide bonds. The average Bonchev–Trinajstić information content (AvgIpc) is 2.63. The van der Waals surface area contributed by atoms with Crippen molar-refractivity contribution in [3.63, 3.8) is 0 Å². The molecule has 1 saturated carbocycles. The fourth-order valence-corrected chi connectivity index (χ4v) is 3.08. The number of nitrogens with one attached hydrogen (secondary N) is 1. The van der Waals surface area contributed by atoms with Gasteiger partial charge in [0.1, 0.15) is 5.60 Å². The van der Waals surface area contributed by atoms with Gasteiger partial charge in [-0.1, -0.05) is 29.5 Å². The summed E-state index contributed by atoms with van der Waals surface area (Å²) in [6, 6.07) is 10.7. The van der Waals surface area contributed by atoms with Crippen molar-refractivity contribution in [3.8, 4) is 11.8 Å². The number of rotatable bonds is 2. The second kappa shape index (κ2) is 7.69. The van der Waals surface area contributed by atoms with Gasteiger partial charge in [-0.15, -0.1) is 0 Å². The minimum atomic E-state index is -1.01. The van der Waals surface area contributed by atoms with Gasteiger partial charge >= 0.3 is 0 Å². The molecule has 2 aromatic rings. The molecule has 3 rings (SSSR count). The third-order valence-electron chi connectivity index (χ3n) is 4.35. The summed E-state index contributed by atoms with van der Waals surface area (Å²) < 4.78 is 0. The SMILES string of the molecule is O=C(NC1CCC(O)(C#Cc2cccc(Cl)c2)CC1)c1ccncc1. The Hall–Kier alpha value is -2.35. The Kier molecular flexibility index (Phi) is 5.37. The zero-order valence-corrected chi connectivity index (χ0v) is 14.5. The number of benzene rings is 1. The third kappa shape index (κ3) is 4.82. The van der Waals surface area contributed by atoms with Crippen molar-refractivity contribution >= 4 is 17.5 Å². The molecule has 0 saturated heterocycles. The van der Waals surface area contributed by atoms with Crippen molar-refractivity contribution in [1.29, 1.82) is 0 Å². The van der Waals surface area contributed by atoms with E-state index in [1.165, 1.54) is 0 Å². The Morgan fingerprint density at radius 3 is 2.64 bits per heavy atom. The van der Waals surface area contributed by atoms with Crippen LogP contribution in [-0.2, 0) is 0 Å². The van der Waals surface area contributed by atoms with Gasteiger partial charge in [0.25, 0.3) is 5.91 Å². The summed E-state index contributed by atoms with van der Waals surface area (Å²) in [6.07, 6.45) is 5.64. The summed E-state index contributed by atoms with van der Waals surface area (Å²) in [4.78, 5) is 16.1. The molecule has 4 nitrogen and oxygen atoms in total. The van der Waals surface area contributed by atoms with Crippen LogP contribution in [0.3, 0.4) is 0 Å². The zero-order chi connectivity index (χ0) is 17.7. The lowest BCUT2D eigenvalue weighted by atomic mass is 9.82. The van der Waals surface area contributed by atoms with Crippen molar-refractivity contribution in [2.45, 2.75) is 37.3 Å². The fraction of sp³-hybridized carbons (Fsp3) is 0.300. The van der Waals surface area contributed by atoms with Crippen LogP contribution in [0.4, 0.5) is 0 Å². The van der Waals surface area contributed by atoms with E-state index in [9.17, 15) is 9.90 Å². The number of nitrogens with zero attached hydrogens (tertiary/aromatic N) is 1. The van der Waals surface area contributed by atoms with Gasteiger partial charge in [0, 0.05) is 34.6 Å². The number of aromatic nitrogens is 1. The number of hydrogen-bond acceptors (Lipinski definition) is 3. The van der Waals surface area contributed by atoms with Gasteiger partial charge in [-0.3, -0.25) is 9.78 Å². The van der Waals surface area contributed by atoms with Crippen LogP contribution in [0.1, 0.15) is 41.6 Å². The van der Waals surface area contributed by atoms with Crippen molar-refractivity contribution < 1.29 is 9.90 Å². The number of pyridine rings is 1. The van der Waals surface area contributed by atoms with E-state index in [0.717, 1.165) is 5.56 Å². The number of halogens is 1. The van der Waals surface area contributed by atoms with E-state index in [4.69, 9.17) is 11.6 Å². The molecule has 5 heteroatoms. The van der Waals surface area contributed by atoms with E-state index >= 15 is 0 Å². The molecule has 0 bridgehead atoms. The molecule has 1 aliphatic carbocycles. The Balaban J connectivity index is 1.57. The van der Waals surface area contributed by atoms with Crippen LogP contribution in [0.15, 0.2) is 48.8 Å². The highest BCUT2D eigenvalue weighted by molar-refractivity contribution is 6.30. The molecule has 0 unspecified atom stereocenters. The molecule has 0 spiro atoms. The van der Waals surface area contributed by atoms with Gasteiger partial charge in [-0.2, -0.15) is 0 Å². The minimum Gasteiger partial charge on any atom is -0.378 e. The molecule has 1 aromatic carbocycles. The summed E-state index contributed by atoms with van der Waals surface area (Å²) in [5.74, 6) is 5.86. The Labute approximate surface area is 152 Å². The summed E-state index contributed by atoms with van der Waals surface area (Å²) in [6.45, 7) is 0. The van der Waals surface area contributed by atoms with Gasteiger partial charge in [0.05, 0.1) is 0 Å². The summed E-state index contributed by atoms with van der Waals surface area (Å²) in [7, 11) is 0. The molecule has 1 fully saturated rings. The monoisotopic (exact) mass is 354 g/mol. The van der Waals surface area contributed by atoms with E-state index in [0.29, 0.717) is 36.3 Å². The first-order chi connectivity index (χ1) is 12.0. The highest BCUT2D eigenvalue weighted by Crippen LogP contribution is 2.28. The van der Waals surface area contributed by atoms with E-state index in [1.807, 2.05) is 12.1 Å². The Bertz CT molecular complexity index is 803. The van der Waals surface area contributed by atoms with E-state index < -0.39 is 5.60 Å². The smallest absolute Gasteiger partial charge is 0.251 e. The molecule has 128 valence electrons. The number of hydrogen-bond donors (Lipinski definition) is 2. The van der Waals surface area contributed by atoms with Crippen LogP contribution in [0.25, 0.3) is 0 Å². The van der Waals surface area contributed by atoms with Gasteiger partial charge in [0.2, 0.25) is 0 Å². The number of amides is 1. The zero-order valence-electron chi connectivity index (χ0n) is 13.7. The van der Waals surface area contributed by atoms with Crippen molar-refractivity contribution in [1.82, 2.24) is 10.3 Å². The molecule has 0 atom stereocenters. The lowest BCUT2D eigenvalue weighted by Crippen LogP contribution is -2.42. The maximum absolute atomic E-state index is 12.2. The van der Waals surface area contributed by atoms with Crippen LogP contribution >= 0.6 is 11.6 Å². The average molecular weight is 355 g/mol. The molecule has 0 radical (unpaired) electrons. The predicted molar refractivity (Wildman–Crippen MR) is 97.2 cm³/mol. The molecule has 2 N–H and O–H groups in total. The van der Waals surface area contributed by atoms with Gasteiger partial charge in [-0.25, -0.2) is 0 Å². The van der Waals surface area contributed by atoms with Gasteiger partial charge < -0.3 is 10.4 Å². The summed E-state index contributed by atoms with van der Waals surface area (Å²) >= 11 is 5.94. The second-order valence-corrected chi connectivity index (χ2v) is 6.71. The van der Waals surface area contributed by atoms with Crippen molar-refractivity contribution in [2.24, 2.45) is 0 Å². The lowest BCUT2D eigenvalue weighted by molar-refractivity contribution is 0.0491. The second-order valence-electron chi connectivity index (χ2n) is 6.28. The van der Waals surface area contributed by atoms with E-state index in [2.05, 4.69) is 22.1 Å². The molecule has 0 aliphatic heterocycles. The van der Waals surface area contributed by atoms with Gasteiger partial charge in [-0.05, 0) is 56.0 Å². The lowest BCUT2D eigenvalue weighted by Gasteiger charge is -2.32. The third-order valence-corrected chi connectivity index (χ3v) is 4.59. The van der Waals surface area contributed by atoms with Gasteiger partial charge in [0.15, 0.2) is 0 Å². The highest BCUT2D eigenvalue weighted by Gasteiger charge is 2.32. The van der Waals surface area contributed by atoms with Crippen LogP contribution in [0.5, 0.6) is 0 Å². The molecule has 25 heavy (non-hydrogen) atoms. The molecule has 1 heterocycles. The molecule has 1 aliphatic rings. The Morgan fingerprint density at radius 1 is 1.24 bits per heavy atom. The van der Waals surface area contributed by atoms with Crippen molar-refractivity contribution in [3.05, 3.63) is 64.9 Å². The first-order valence-electron chi connectivity index (χ1n) is 8.26. The van der Waals surface area contributed by atoms with E-state index in [1.54, 1.807) is 36.7 Å². The van der Waals surface area contributed by atoms with Crippen molar-refractivity contribution in [2.75, 3.05) is 0 Å². The van der Waals surface area contributed by atoms with Crippen LogP contribution in [0.2, 0.25) is 5.02 Å². The maximum atomic E-state index is 12.2. The fourth-order valence-electron chi connectivity index (χ4n) is 2.89.